The first kappa shape index (κ1) is 4.90. The highest BCUT2D eigenvalue weighted by atomic mass is 32.2. The van der Waals surface area contributed by atoms with Gasteiger partial charge in [-0.1, -0.05) is 11.8 Å². The summed E-state index contributed by atoms with van der Waals surface area (Å²) in [6.45, 7) is 1.86. The van der Waals surface area contributed by atoms with Crippen molar-refractivity contribution >= 4 is 11.8 Å². The first-order valence-corrected chi connectivity index (χ1v) is 2.95. The van der Waals surface area contributed by atoms with Crippen molar-refractivity contribution in [1.82, 2.24) is 0 Å². The van der Waals surface area contributed by atoms with Gasteiger partial charge in [0.1, 0.15) is 0 Å². The monoisotopic (exact) mass is 119 g/mol. The van der Waals surface area contributed by atoms with Gasteiger partial charge in [0.2, 0.25) is 0 Å². The Hall–Kier alpha value is -0.250. The van der Waals surface area contributed by atoms with Crippen LogP contribution < -0.4 is 0 Å². The molecular weight excluding hydrogens is 114 g/mol. The fourth-order valence-electron chi connectivity index (χ4n) is 0.396. The molecule has 0 spiro atoms. The molecule has 0 saturated carbocycles. The first-order valence-electron chi connectivity index (χ1n) is 2.01. The number of nitro groups is 1. The maximum Gasteiger partial charge on any atom is 0.270 e. The maximum absolute atomic E-state index is 9.76. The summed E-state index contributed by atoms with van der Waals surface area (Å²) >= 11 is 1.40. The second kappa shape index (κ2) is 1.36. The van der Waals surface area contributed by atoms with Crippen molar-refractivity contribution in [3.8, 4) is 0 Å². The maximum atomic E-state index is 9.76. The van der Waals surface area contributed by atoms with Gasteiger partial charge in [0.05, 0.1) is 5.25 Å². The Morgan fingerprint density at radius 2 is 2.29 bits per heavy atom. The number of rotatable bonds is 1. The third-order valence-corrected chi connectivity index (χ3v) is 2.12. The predicted molar refractivity (Wildman–Crippen MR) is 27.8 cm³/mol. The molecule has 0 amide bonds. The summed E-state index contributed by atoms with van der Waals surface area (Å²) in [7, 11) is 0. The van der Waals surface area contributed by atoms with Crippen molar-refractivity contribution in [3.63, 3.8) is 0 Å². The lowest BCUT2D eigenvalue weighted by Crippen LogP contribution is -2.02. The SMILES string of the molecule is CC1SC1[N+](=O)[O-]. The van der Waals surface area contributed by atoms with E-state index in [2.05, 4.69) is 0 Å². The summed E-state index contributed by atoms with van der Waals surface area (Å²) in [4.78, 5) is 9.52. The van der Waals surface area contributed by atoms with Crippen LogP contribution in [0.15, 0.2) is 0 Å². The van der Waals surface area contributed by atoms with E-state index in [0.717, 1.165) is 0 Å². The number of hydrogen-bond acceptors (Lipinski definition) is 3. The molecule has 4 heteroatoms. The lowest BCUT2D eigenvalue weighted by molar-refractivity contribution is -0.484. The van der Waals surface area contributed by atoms with E-state index in [0.29, 0.717) is 0 Å². The van der Waals surface area contributed by atoms with Gasteiger partial charge in [0, 0.05) is 4.92 Å². The summed E-state index contributed by atoms with van der Waals surface area (Å²) in [6, 6.07) is 0. The minimum absolute atomic E-state index is 0.241. The summed E-state index contributed by atoms with van der Waals surface area (Å²) in [6.07, 6.45) is 0. The normalized spacial score (nSPS) is 37.9. The van der Waals surface area contributed by atoms with Crippen LogP contribution in [0.2, 0.25) is 0 Å². The van der Waals surface area contributed by atoms with Crippen molar-refractivity contribution in [2.24, 2.45) is 0 Å². The quantitative estimate of drug-likeness (QED) is 0.290. The Bertz CT molecular complexity index is 105. The van der Waals surface area contributed by atoms with Crippen LogP contribution in [0, 0.1) is 10.1 Å². The standard InChI is InChI=1S/C3H5NO2S/c1-2-3(7-2)4(5)6/h2-3H,1H3. The minimum atomic E-state index is -0.292. The van der Waals surface area contributed by atoms with Gasteiger partial charge in [-0.05, 0) is 6.92 Å². The average molecular weight is 119 g/mol. The number of nitrogens with zero attached hydrogens (tertiary/aromatic N) is 1. The van der Waals surface area contributed by atoms with Crippen LogP contribution in [-0.4, -0.2) is 15.5 Å². The zero-order valence-corrected chi connectivity index (χ0v) is 4.64. The highest BCUT2D eigenvalue weighted by Gasteiger charge is 2.45. The van der Waals surface area contributed by atoms with Gasteiger partial charge in [-0.3, -0.25) is 10.1 Å². The van der Waals surface area contributed by atoms with Gasteiger partial charge in [-0.25, -0.2) is 0 Å². The van der Waals surface area contributed by atoms with E-state index in [1.54, 1.807) is 0 Å². The molecule has 0 aromatic rings. The van der Waals surface area contributed by atoms with E-state index in [9.17, 15) is 10.1 Å². The molecule has 1 fully saturated rings. The van der Waals surface area contributed by atoms with Crippen molar-refractivity contribution < 1.29 is 4.92 Å². The van der Waals surface area contributed by atoms with Crippen LogP contribution in [0.3, 0.4) is 0 Å². The molecule has 1 heterocycles. The molecule has 1 aliphatic heterocycles. The molecule has 0 bridgehead atoms. The molecule has 2 atom stereocenters. The minimum Gasteiger partial charge on any atom is -0.263 e. The van der Waals surface area contributed by atoms with Crippen LogP contribution >= 0.6 is 11.8 Å². The summed E-state index contributed by atoms with van der Waals surface area (Å²) in [5, 5.41) is 9.72. The largest absolute Gasteiger partial charge is 0.270 e. The topological polar surface area (TPSA) is 43.1 Å². The molecule has 3 nitrogen and oxygen atoms in total. The van der Waals surface area contributed by atoms with Gasteiger partial charge < -0.3 is 0 Å². The van der Waals surface area contributed by atoms with Gasteiger partial charge in [0.25, 0.3) is 5.37 Å². The molecule has 0 N–H and O–H groups in total. The smallest absolute Gasteiger partial charge is 0.263 e. The summed E-state index contributed by atoms with van der Waals surface area (Å²) in [5.74, 6) is 0. The van der Waals surface area contributed by atoms with E-state index >= 15 is 0 Å². The van der Waals surface area contributed by atoms with Gasteiger partial charge >= 0.3 is 0 Å². The fraction of sp³-hybridized carbons (Fsp3) is 1.00. The van der Waals surface area contributed by atoms with Crippen molar-refractivity contribution in [3.05, 3.63) is 10.1 Å². The number of thioether (sulfide) groups is 1. The molecule has 1 aliphatic rings. The highest BCUT2D eigenvalue weighted by molar-refractivity contribution is 8.07. The fourth-order valence-corrected chi connectivity index (χ4v) is 0.944. The highest BCUT2D eigenvalue weighted by Crippen LogP contribution is 2.40. The average Bonchev–Trinajstić information content (AvgIpc) is 2.17. The Morgan fingerprint density at radius 1 is 1.86 bits per heavy atom. The Labute approximate surface area is 45.2 Å². The summed E-state index contributed by atoms with van der Waals surface area (Å²) < 4.78 is 0. The molecule has 0 radical (unpaired) electrons. The van der Waals surface area contributed by atoms with Crippen LogP contribution in [0.1, 0.15) is 6.92 Å². The van der Waals surface area contributed by atoms with Gasteiger partial charge in [0.15, 0.2) is 0 Å². The third kappa shape index (κ3) is 0.851. The Kier molecular flexibility index (Phi) is 0.955. The zero-order chi connectivity index (χ0) is 5.44. The molecule has 0 aromatic heterocycles. The molecule has 2 unspecified atom stereocenters. The zero-order valence-electron chi connectivity index (χ0n) is 3.83. The van der Waals surface area contributed by atoms with Crippen molar-refractivity contribution in [2.75, 3.05) is 0 Å². The van der Waals surface area contributed by atoms with E-state index in [-0.39, 0.29) is 15.5 Å². The summed E-state index contributed by atoms with van der Waals surface area (Å²) in [5.41, 5.74) is 0. The van der Waals surface area contributed by atoms with Crippen molar-refractivity contribution in [2.45, 2.75) is 17.5 Å². The van der Waals surface area contributed by atoms with E-state index in [1.165, 1.54) is 11.8 Å². The lowest BCUT2D eigenvalue weighted by Gasteiger charge is -1.78. The van der Waals surface area contributed by atoms with Crippen LogP contribution in [0.5, 0.6) is 0 Å². The molecule has 40 valence electrons. The second-order valence-electron chi connectivity index (χ2n) is 1.52. The van der Waals surface area contributed by atoms with Crippen LogP contribution in [0.25, 0.3) is 0 Å². The molecule has 1 saturated heterocycles. The molecular formula is C3H5NO2S. The van der Waals surface area contributed by atoms with Crippen LogP contribution in [-0.2, 0) is 0 Å². The molecule has 7 heavy (non-hydrogen) atoms. The van der Waals surface area contributed by atoms with Crippen LogP contribution in [0.4, 0.5) is 0 Å². The molecule has 0 aliphatic carbocycles. The van der Waals surface area contributed by atoms with Crippen molar-refractivity contribution in [1.29, 1.82) is 0 Å². The van der Waals surface area contributed by atoms with E-state index < -0.39 is 0 Å². The lowest BCUT2D eigenvalue weighted by atomic mass is 10.5. The molecule has 0 aromatic carbocycles. The Balaban J connectivity index is 2.33. The third-order valence-electron chi connectivity index (χ3n) is 0.887. The predicted octanol–water partition coefficient (Wildman–Crippen LogP) is 0.724. The number of hydrogen-bond donors (Lipinski definition) is 0. The van der Waals surface area contributed by atoms with Gasteiger partial charge in [-0.2, -0.15) is 0 Å². The second-order valence-corrected chi connectivity index (χ2v) is 3.02. The Morgan fingerprint density at radius 3 is 2.29 bits per heavy atom. The van der Waals surface area contributed by atoms with Gasteiger partial charge in [-0.15, -0.1) is 0 Å². The van der Waals surface area contributed by atoms with E-state index in [4.69, 9.17) is 0 Å². The first-order chi connectivity index (χ1) is 3.22. The van der Waals surface area contributed by atoms with E-state index in [1.807, 2.05) is 6.92 Å². The molecule has 1 rings (SSSR count).